The minimum atomic E-state index is -0.291. The summed E-state index contributed by atoms with van der Waals surface area (Å²) in [6.07, 6.45) is 0. The van der Waals surface area contributed by atoms with Gasteiger partial charge in [-0.05, 0) is 30.3 Å². The zero-order chi connectivity index (χ0) is 16.9. The molecule has 2 aromatic carbocycles. The number of halogens is 1. The second-order valence-electron chi connectivity index (χ2n) is 5.15. The summed E-state index contributed by atoms with van der Waals surface area (Å²) in [5.74, 6) is -0.291. The Morgan fingerprint density at radius 3 is 2.50 bits per heavy atom. The van der Waals surface area contributed by atoms with Gasteiger partial charge in [0.25, 0.3) is 5.91 Å². The molecule has 6 heteroatoms. The van der Waals surface area contributed by atoms with E-state index in [2.05, 4.69) is 10.4 Å². The van der Waals surface area contributed by atoms with Crippen molar-refractivity contribution in [1.29, 1.82) is 0 Å². The Bertz CT molecular complexity index is 829. The number of aliphatic hydroxyl groups excluding tert-OH is 1. The van der Waals surface area contributed by atoms with Crippen molar-refractivity contribution in [3.63, 3.8) is 0 Å². The zero-order valence-corrected chi connectivity index (χ0v) is 13.6. The number of aromatic nitrogens is 2. The minimum absolute atomic E-state index is 0.116. The molecule has 1 amide bonds. The molecule has 1 aromatic heterocycles. The number of carbonyl (C=O) groups is 1. The second kappa shape index (κ2) is 7.29. The van der Waals surface area contributed by atoms with Gasteiger partial charge in [0.2, 0.25) is 0 Å². The number of aliphatic hydroxyl groups is 1. The van der Waals surface area contributed by atoms with Crippen LogP contribution in [0.25, 0.3) is 16.9 Å². The lowest BCUT2D eigenvalue weighted by Crippen LogP contribution is -2.28. The van der Waals surface area contributed by atoms with Crippen LogP contribution in [0.15, 0.2) is 60.7 Å². The summed E-state index contributed by atoms with van der Waals surface area (Å²) in [6.45, 7) is 0.0737. The van der Waals surface area contributed by atoms with Gasteiger partial charge in [-0.2, -0.15) is 5.10 Å². The lowest BCUT2D eigenvalue weighted by atomic mass is 10.1. The van der Waals surface area contributed by atoms with Gasteiger partial charge in [0.1, 0.15) is 5.69 Å². The molecular weight excluding hydrogens is 326 g/mol. The maximum Gasteiger partial charge on any atom is 0.270 e. The van der Waals surface area contributed by atoms with Gasteiger partial charge in [-0.25, -0.2) is 4.68 Å². The molecule has 24 heavy (non-hydrogen) atoms. The average molecular weight is 342 g/mol. The number of benzene rings is 2. The number of nitrogens with zero attached hydrogens (tertiary/aromatic N) is 2. The van der Waals surface area contributed by atoms with Crippen LogP contribution >= 0.6 is 11.6 Å². The van der Waals surface area contributed by atoms with Gasteiger partial charge in [-0.1, -0.05) is 41.9 Å². The average Bonchev–Trinajstić information content (AvgIpc) is 3.06. The Kier molecular flexibility index (Phi) is 4.93. The zero-order valence-electron chi connectivity index (χ0n) is 12.8. The molecule has 0 fully saturated rings. The van der Waals surface area contributed by atoms with Crippen LogP contribution in [0.5, 0.6) is 0 Å². The molecule has 0 aliphatic heterocycles. The monoisotopic (exact) mass is 341 g/mol. The highest BCUT2D eigenvalue weighted by Crippen LogP contribution is 2.23. The highest BCUT2D eigenvalue weighted by molar-refractivity contribution is 6.30. The summed E-state index contributed by atoms with van der Waals surface area (Å²) >= 11 is 5.93. The molecule has 0 atom stereocenters. The van der Waals surface area contributed by atoms with Crippen LogP contribution in [0.3, 0.4) is 0 Å². The van der Waals surface area contributed by atoms with Crippen LogP contribution in [0.1, 0.15) is 10.5 Å². The second-order valence-corrected chi connectivity index (χ2v) is 5.59. The highest BCUT2D eigenvalue weighted by Gasteiger charge is 2.17. The number of rotatable bonds is 5. The van der Waals surface area contributed by atoms with Crippen molar-refractivity contribution in [2.75, 3.05) is 13.2 Å². The first-order chi connectivity index (χ1) is 11.7. The van der Waals surface area contributed by atoms with E-state index in [4.69, 9.17) is 16.7 Å². The summed E-state index contributed by atoms with van der Waals surface area (Å²) < 4.78 is 1.59. The Hall–Kier alpha value is -2.63. The molecule has 3 rings (SSSR count). The molecule has 0 saturated heterocycles. The number of hydrogen-bond acceptors (Lipinski definition) is 3. The van der Waals surface area contributed by atoms with E-state index in [1.54, 1.807) is 22.9 Å². The van der Waals surface area contributed by atoms with E-state index in [-0.39, 0.29) is 19.1 Å². The summed E-state index contributed by atoms with van der Waals surface area (Å²) in [7, 11) is 0. The fraction of sp³-hybridized carbons (Fsp3) is 0.111. The Morgan fingerprint density at radius 1 is 1.12 bits per heavy atom. The third-order valence-corrected chi connectivity index (χ3v) is 3.73. The van der Waals surface area contributed by atoms with E-state index in [0.29, 0.717) is 16.4 Å². The van der Waals surface area contributed by atoms with Crippen LogP contribution in [0.4, 0.5) is 0 Å². The molecule has 0 unspecified atom stereocenters. The first-order valence-corrected chi connectivity index (χ1v) is 7.87. The van der Waals surface area contributed by atoms with Crippen LogP contribution in [-0.2, 0) is 0 Å². The van der Waals surface area contributed by atoms with Crippen molar-refractivity contribution >= 4 is 17.5 Å². The quantitative estimate of drug-likeness (QED) is 0.749. The Balaban J connectivity index is 2.05. The lowest BCUT2D eigenvalue weighted by molar-refractivity contribution is 0.0937. The van der Waals surface area contributed by atoms with Gasteiger partial charge >= 0.3 is 0 Å². The van der Waals surface area contributed by atoms with E-state index in [1.807, 2.05) is 42.5 Å². The maximum atomic E-state index is 12.4. The largest absolute Gasteiger partial charge is 0.395 e. The van der Waals surface area contributed by atoms with Gasteiger partial charge in [0, 0.05) is 17.1 Å². The van der Waals surface area contributed by atoms with Crippen molar-refractivity contribution in [1.82, 2.24) is 15.1 Å². The minimum Gasteiger partial charge on any atom is -0.395 e. The van der Waals surface area contributed by atoms with Crippen molar-refractivity contribution in [2.45, 2.75) is 0 Å². The van der Waals surface area contributed by atoms with E-state index in [0.717, 1.165) is 11.3 Å². The van der Waals surface area contributed by atoms with Crippen molar-refractivity contribution in [2.24, 2.45) is 0 Å². The summed E-state index contributed by atoms with van der Waals surface area (Å²) in [5.41, 5.74) is 2.72. The highest BCUT2D eigenvalue weighted by atomic mass is 35.5. The maximum absolute atomic E-state index is 12.4. The first-order valence-electron chi connectivity index (χ1n) is 7.49. The molecule has 0 bridgehead atoms. The van der Waals surface area contributed by atoms with Gasteiger partial charge in [0.05, 0.1) is 18.0 Å². The molecule has 2 N–H and O–H groups in total. The van der Waals surface area contributed by atoms with Crippen LogP contribution in [-0.4, -0.2) is 33.9 Å². The number of para-hydroxylation sites is 1. The lowest BCUT2D eigenvalue weighted by Gasteiger charge is -2.07. The Morgan fingerprint density at radius 2 is 1.83 bits per heavy atom. The van der Waals surface area contributed by atoms with Crippen LogP contribution in [0, 0.1) is 0 Å². The smallest absolute Gasteiger partial charge is 0.270 e. The van der Waals surface area contributed by atoms with Crippen molar-refractivity contribution in [3.05, 3.63) is 71.4 Å². The molecular formula is C18H16ClN3O2. The van der Waals surface area contributed by atoms with Gasteiger partial charge in [-0.15, -0.1) is 0 Å². The van der Waals surface area contributed by atoms with Gasteiger partial charge in [-0.3, -0.25) is 4.79 Å². The van der Waals surface area contributed by atoms with E-state index in [1.165, 1.54) is 0 Å². The summed E-state index contributed by atoms with van der Waals surface area (Å²) in [6, 6.07) is 18.4. The predicted molar refractivity (Wildman–Crippen MR) is 93.4 cm³/mol. The van der Waals surface area contributed by atoms with Gasteiger partial charge in [0.15, 0.2) is 0 Å². The SMILES string of the molecule is O=C(NCCO)c1cc(-c2ccc(Cl)cc2)nn1-c1ccccc1. The molecule has 1 heterocycles. The topological polar surface area (TPSA) is 67.2 Å². The molecule has 0 spiro atoms. The fourth-order valence-corrected chi connectivity index (χ4v) is 2.46. The van der Waals surface area contributed by atoms with Crippen molar-refractivity contribution < 1.29 is 9.90 Å². The molecule has 3 aromatic rings. The summed E-state index contributed by atoms with van der Waals surface area (Å²) in [4.78, 5) is 12.4. The summed E-state index contributed by atoms with van der Waals surface area (Å²) in [5, 5.41) is 16.8. The van der Waals surface area contributed by atoms with E-state index in [9.17, 15) is 4.79 Å². The fourth-order valence-electron chi connectivity index (χ4n) is 2.33. The van der Waals surface area contributed by atoms with Crippen LogP contribution in [0.2, 0.25) is 5.02 Å². The standard InChI is InChI=1S/C18H16ClN3O2/c19-14-8-6-13(7-9-14)16-12-17(18(24)20-10-11-23)22(21-16)15-4-2-1-3-5-15/h1-9,12,23H,10-11H2,(H,20,24). The normalized spacial score (nSPS) is 10.6. The number of amides is 1. The number of carbonyl (C=O) groups excluding carboxylic acids is 1. The third kappa shape index (κ3) is 3.48. The van der Waals surface area contributed by atoms with Gasteiger partial charge < -0.3 is 10.4 Å². The molecule has 5 nitrogen and oxygen atoms in total. The van der Waals surface area contributed by atoms with Crippen molar-refractivity contribution in [3.8, 4) is 16.9 Å². The molecule has 122 valence electrons. The van der Waals surface area contributed by atoms with E-state index >= 15 is 0 Å². The number of nitrogens with one attached hydrogen (secondary N) is 1. The van der Waals surface area contributed by atoms with E-state index < -0.39 is 0 Å². The molecule has 0 radical (unpaired) electrons. The van der Waals surface area contributed by atoms with Crippen LogP contribution < -0.4 is 5.32 Å². The third-order valence-electron chi connectivity index (χ3n) is 3.48. The predicted octanol–water partition coefficient (Wildman–Crippen LogP) is 2.91. The first kappa shape index (κ1) is 16.2. The molecule has 0 aliphatic carbocycles. The molecule has 0 saturated carbocycles. The Labute approximate surface area is 144 Å². The number of hydrogen-bond donors (Lipinski definition) is 2. The molecule has 0 aliphatic rings.